The van der Waals surface area contributed by atoms with Crippen LogP contribution < -0.4 is 15.8 Å². The summed E-state index contributed by atoms with van der Waals surface area (Å²) in [6, 6.07) is 19.5. The molecule has 3 rings (SSSR count). The average molecular weight is 447 g/mol. The summed E-state index contributed by atoms with van der Waals surface area (Å²) in [4.78, 5) is 11.2. The molecule has 0 aliphatic carbocycles. The minimum absolute atomic E-state index is 0.0294. The molecular formula is C28H34N2O3. The number of hydrogen-bond donors (Lipinski definition) is 3. The second-order valence-electron chi connectivity index (χ2n) is 9.12. The third-order valence-corrected chi connectivity index (χ3v) is 5.56. The summed E-state index contributed by atoms with van der Waals surface area (Å²) in [5.41, 5.74) is 12.3. The van der Waals surface area contributed by atoms with Crippen molar-refractivity contribution in [3.8, 4) is 28.0 Å². The molecule has 0 heterocycles. The van der Waals surface area contributed by atoms with Gasteiger partial charge in [0.2, 0.25) is 0 Å². The number of nitrogens with two attached hydrogens (primary N) is 1. The Hall–Kier alpha value is -3.31. The summed E-state index contributed by atoms with van der Waals surface area (Å²) in [6.45, 7) is 10.7. The first kappa shape index (κ1) is 24.3. The predicted octanol–water partition coefficient (Wildman–Crippen LogP) is 6.18. The number of carboxylic acid groups (broad SMARTS) is 1. The summed E-state index contributed by atoms with van der Waals surface area (Å²) >= 11 is 0. The van der Waals surface area contributed by atoms with Gasteiger partial charge in [0.15, 0.2) is 0 Å². The summed E-state index contributed by atoms with van der Waals surface area (Å²) in [7, 11) is 0. The highest BCUT2D eigenvalue weighted by Gasteiger charge is 2.20. The number of carbonyl (C=O) groups is 1. The van der Waals surface area contributed by atoms with Crippen LogP contribution in [0, 0.1) is 0 Å². The fourth-order valence-corrected chi connectivity index (χ4v) is 3.81. The van der Waals surface area contributed by atoms with E-state index >= 15 is 0 Å². The van der Waals surface area contributed by atoms with Gasteiger partial charge in [-0.15, -0.1) is 0 Å². The zero-order valence-corrected chi connectivity index (χ0v) is 19.9. The Balaban J connectivity index is 2.11. The Morgan fingerprint density at radius 2 is 1.64 bits per heavy atom. The van der Waals surface area contributed by atoms with Gasteiger partial charge >= 0.3 is 5.97 Å². The predicted molar refractivity (Wildman–Crippen MR) is 136 cm³/mol. The first-order valence-electron chi connectivity index (χ1n) is 11.4. The Labute approximate surface area is 196 Å². The van der Waals surface area contributed by atoms with Gasteiger partial charge in [-0.1, -0.05) is 45.0 Å². The topological polar surface area (TPSA) is 84.6 Å². The van der Waals surface area contributed by atoms with Gasteiger partial charge in [0, 0.05) is 17.8 Å². The fourth-order valence-electron chi connectivity index (χ4n) is 3.81. The molecule has 4 N–H and O–H groups in total. The lowest BCUT2D eigenvalue weighted by atomic mass is 9.83. The number of hydrogen-bond acceptors (Lipinski definition) is 4. The first-order chi connectivity index (χ1) is 15.7. The van der Waals surface area contributed by atoms with Crippen molar-refractivity contribution >= 4 is 11.7 Å². The fraction of sp³-hybridized carbons (Fsp3) is 0.321. The van der Waals surface area contributed by atoms with Crippen molar-refractivity contribution in [2.75, 3.05) is 25.0 Å². The summed E-state index contributed by atoms with van der Waals surface area (Å²) in [6.07, 6.45) is 0.782. The Bertz CT molecular complexity index is 1100. The van der Waals surface area contributed by atoms with Crippen LogP contribution >= 0.6 is 0 Å². The number of aromatic carboxylic acids is 1. The summed E-state index contributed by atoms with van der Waals surface area (Å²) in [5, 5.41) is 12.7. The van der Waals surface area contributed by atoms with Crippen LogP contribution in [0.2, 0.25) is 0 Å². The zero-order valence-electron chi connectivity index (χ0n) is 19.9. The summed E-state index contributed by atoms with van der Waals surface area (Å²) in [5.74, 6) is -0.119. The number of nitrogens with one attached hydrogen (secondary N) is 1. The van der Waals surface area contributed by atoms with E-state index in [1.54, 1.807) is 12.1 Å². The largest absolute Gasteiger partial charge is 0.493 e. The number of anilines is 1. The molecule has 0 fully saturated rings. The number of benzene rings is 3. The van der Waals surface area contributed by atoms with E-state index in [0.29, 0.717) is 13.2 Å². The SMILES string of the molecule is CCNc1ccc(-c2cc(-c3ccc(C(=O)O)cc3)ccc2OCCCN)cc1C(C)(C)C. The highest BCUT2D eigenvalue weighted by Crippen LogP contribution is 2.39. The van der Waals surface area contributed by atoms with Crippen molar-refractivity contribution in [3.63, 3.8) is 0 Å². The van der Waals surface area contributed by atoms with Crippen LogP contribution in [0.15, 0.2) is 60.7 Å². The van der Waals surface area contributed by atoms with Gasteiger partial charge in [-0.3, -0.25) is 0 Å². The van der Waals surface area contributed by atoms with Crippen LogP contribution in [-0.2, 0) is 5.41 Å². The molecule has 0 aliphatic rings. The minimum Gasteiger partial charge on any atom is -0.493 e. The van der Waals surface area contributed by atoms with Crippen LogP contribution in [0.3, 0.4) is 0 Å². The Kier molecular flexibility index (Phi) is 7.77. The van der Waals surface area contributed by atoms with Crippen molar-refractivity contribution in [2.45, 2.75) is 39.5 Å². The lowest BCUT2D eigenvalue weighted by Crippen LogP contribution is -2.15. The quantitative estimate of drug-likeness (QED) is 0.342. The molecule has 5 nitrogen and oxygen atoms in total. The maximum absolute atomic E-state index is 11.2. The van der Waals surface area contributed by atoms with Gasteiger partial charge in [0.05, 0.1) is 12.2 Å². The maximum atomic E-state index is 11.2. The molecule has 3 aromatic rings. The van der Waals surface area contributed by atoms with Crippen LogP contribution in [0.5, 0.6) is 5.75 Å². The highest BCUT2D eigenvalue weighted by molar-refractivity contribution is 5.88. The first-order valence-corrected chi connectivity index (χ1v) is 11.4. The second kappa shape index (κ2) is 10.5. The third kappa shape index (κ3) is 5.93. The van der Waals surface area contributed by atoms with Crippen LogP contribution in [-0.4, -0.2) is 30.8 Å². The van der Waals surface area contributed by atoms with Gasteiger partial charge < -0.3 is 20.9 Å². The van der Waals surface area contributed by atoms with Gasteiger partial charge in [-0.25, -0.2) is 4.79 Å². The van der Waals surface area contributed by atoms with Crippen molar-refractivity contribution < 1.29 is 14.6 Å². The van der Waals surface area contributed by atoms with Crippen molar-refractivity contribution in [1.29, 1.82) is 0 Å². The number of carboxylic acids is 1. The van der Waals surface area contributed by atoms with E-state index in [0.717, 1.165) is 46.7 Å². The number of ether oxygens (including phenoxy) is 1. The molecule has 174 valence electrons. The molecule has 0 saturated carbocycles. The third-order valence-electron chi connectivity index (χ3n) is 5.56. The van der Waals surface area contributed by atoms with E-state index in [1.807, 2.05) is 24.3 Å². The molecule has 3 aromatic carbocycles. The Morgan fingerprint density at radius 1 is 0.970 bits per heavy atom. The molecular weight excluding hydrogens is 412 g/mol. The summed E-state index contributed by atoms with van der Waals surface area (Å²) < 4.78 is 6.10. The van der Waals surface area contributed by atoms with E-state index < -0.39 is 5.97 Å². The van der Waals surface area contributed by atoms with Crippen molar-refractivity contribution in [3.05, 3.63) is 71.8 Å². The monoisotopic (exact) mass is 446 g/mol. The maximum Gasteiger partial charge on any atom is 0.335 e. The zero-order chi connectivity index (χ0) is 24.0. The van der Waals surface area contributed by atoms with E-state index in [9.17, 15) is 9.90 Å². The minimum atomic E-state index is -0.929. The van der Waals surface area contributed by atoms with Crippen LogP contribution in [0.25, 0.3) is 22.3 Å². The smallest absolute Gasteiger partial charge is 0.335 e. The Morgan fingerprint density at radius 3 is 2.24 bits per heavy atom. The molecule has 5 heteroatoms. The lowest BCUT2D eigenvalue weighted by Gasteiger charge is -2.25. The molecule has 0 bridgehead atoms. The molecule has 33 heavy (non-hydrogen) atoms. The molecule has 0 atom stereocenters. The van der Waals surface area contributed by atoms with E-state index in [4.69, 9.17) is 10.5 Å². The number of rotatable bonds is 9. The molecule has 0 amide bonds. The average Bonchev–Trinajstić information content (AvgIpc) is 2.79. The van der Waals surface area contributed by atoms with E-state index in [1.165, 1.54) is 5.56 Å². The normalized spacial score (nSPS) is 11.3. The van der Waals surface area contributed by atoms with Crippen molar-refractivity contribution in [2.24, 2.45) is 5.73 Å². The lowest BCUT2D eigenvalue weighted by molar-refractivity contribution is 0.0697. The molecule has 0 saturated heterocycles. The van der Waals surface area contributed by atoms with Gasteiger partial charge in [-0.05, 0) is 84.0 Å². The molecule has 0 unspecified atom stereocenters. The molecule has 0 spiro atoms. The van der Waals surface area contributed by atoms with Crippen LogP contribution in [0.1, 0.15) is 50.0 Å². The highest BCUT2D eigenvalue weighted by atomic mass is 16.5. The van der Waals surface area contributed by atoms with Gasteiger partial charge in [0.1, 0.15) is 5.75 Å². The molecule has 0 radical (unpaired) electrons. The standard InChI is InChI=1S/C28H34N2O3/c1-5-30-25-13-11-22(18-24(25)28(2,3)4)23-17-21(12-14-26(23)33-16-6-15-29)19-7-9-20(10-8-19)27(31)32/h7-14,17-18,30H,5-6,15-16,29H2,1-4H3,(H,31,32). The molecule has 0 aliphatic heterocycles. The van der Waals surface area contributed by atoms with Crippen molar-refractivity contribution in [1.82, 2.24) is 0 Å². The molecule has 0 aromatic heterocycles. The van der Waals surface area contributed by atoms with Gasteiger partial charge in [-0.2, -0.15) is 0 Å². The van der Waals surface area contributed by atoms with E-state index in [-0.39, 0.29) is 11.0 Å². The second-order valence-corrected chi connectivity index (χ2v) is 9.12. The van der Waals surface area contributed by atoms with E-state index in [2.05, 4.69) is 57.3 Å². The van der Waals surface area contributed by atoms with Crippen LogP contribution in [0.4, 0.5) is 5.69 Å². The van der Waals surface area contributed by atoms with Gasteiger partial charge in [0.25, 0.3) is 0 Å².